The van der Waals surface area contributed by atoms with E-state index in [0.717, 1.165) is 0 Å². The molecule has 1 aliphatic heterocycles. The molecule has 20 heavy (non-hydrogen) atoms. The van der Waals surface area contributed by atoms with Gasteiger partial charge in [-0.05, 0) is 0 Å². The smallest absolute Gasteiger partial charge is 0.278 e. The highest BCUT2D eigenvalue weighted by molar-refractivity contribution is 5.69. The minimum atomic E-state index is -1.76. The van der Waals surface area contributed by atoms with Gasteiger partial charge >= 0.3 is 0 Å². The number of rotatable bonds is 3. The van der Waals surface area contributed by atoms with Crippen LogP contribution in [-0.2, 0) is 4.74 Å². The number of aliphatic hydroxyl groups is 2. The number of anilines is 1. The second-order valence-corrected chi connectivity index (χ2v) is 4.37. The zero-order valence-corrected chi connectivity index (χ0v) is 10.1. The quantitative estimate of drug-likeness (QED) is 0.461. The molecule has 0 unspecified atom stereocenters. The number of halogens is 1. The molecule has 0 amide bonds. The van der Waals surface area contributed by atoms with E-state index in [0.29, 0.717) is 0 Å². The largest absolute Gasteiger partial charge is 0.394 e. The van der Waals surface area contributed by atoms with Crippen molar-refractivity contribution in [3.63, 3.8) is 0 Å². The lowest BCUT2D eigenvalue weighted by molar-refractivity contribution is -0.0151. The SMILES string of the molecule is O=c1[nH]c(N[C@@H]2O[C@H](CO)[C@@H](O)[C@@H]2F)nc2nc[nH]c12. The van der Waals surface area contributed by atoms with E-state index in [1.807, 2.05) is 0 Å². The molecule has 0 saturated carbocycles. The second-order valence-electron chi connectivity index (χ2n) is 4.37. The fourth-order valence-corrected chi connectivity index (χ4v) is 2.04. The minimum absolute atomic E-state index is 0.0342. The average molecular weight is 285 g/mol. The predicted molar refractivity (Wildman–Crippen MR) is 64.8 cm³/mol. The fourth-order valence-electron chi connectivity index (χ4n) is 2.04. The van der Waals surface area contributed by atoms with Crippen molar-refractivity contribution >= 4 is 17.1 Å². The lowest BCUT2D eigenvalue weighted by atomic mass is 10.1. The van der Waals surface area contributed by atoms with Crippen molar-refractivity contribution in [2.75, 3.05) is 11.9 Å². The Morgan fingerprint density at radius 1 is 1.55 bits per heavy atom. The summed E-state index contributed by atoms with van der Waals surface area (Å²) in [4.78, 5) is 24.5. The monoisotopic (exact) mass is 285 g/mol. The molecular formula is C10H12FN5O4. The standard InChI is InChI=1S/C10H12FN5O4/c11-4-6(18)3(1-17)20-9(4)16-10-14-7-5(8(19)15-10)12-2-13-7/h2-4,6,9,17-18H,1H2,(H3,12,13,14,15,16,19)/t3-,4+,6-,9-/m1/s1. The molecule has 10 heteroatoms. The van der Waals surface area contributed by atoms with Crippen molar-refractivity contribution in [2.24, 2.45) is 0 Å². The maximum absolute atomic E-state index is 13.8. The van der Waals surface area contributed by atoms with Crippen molar-refractivity contribution in [2.45, 2.75) is 24.6 Å². The highest BCUT2D eigenvalue weighted by atomic mass is 19.1. The van der Waals surface area contributed by atoms with Crippen molar-refractivity contribution in [1.29, 1.82) is 0 Å². The molecule has 4 atom stereocenters. The maximum Gasteiger partial charge on any atom is 0.278 e. The number of aliphatic hydroxyl groups excluding tert-OH is 2. The summed E-state index contributed by atoms with van der Waals surface area (Å²) in [7, 11) is 0. The van der Waals surface area contributed by atoms with Gasteiger partial charge in [0.1, 0.15) is 12.2 Å². The first-order chi connectivity index (χ1) is 9.60. The number of H-pyrrole nitrogens is 2. The van der Waals surface area contributed by atoms with Crippen LogP contribution in [0.4, 0.5) is 10.3 Å². The summed E-state index contributed by atoms with van der Waals surface area (Å²) in [5, 5.41) is 20.9. The Bertz CT molecular complexity index is 673. The highest BCUT2D eigenvalue weighted by Crippen LogP contribution is 2.24. The van der Waals surface area contributed by atoms with E-state index in [2.05, 4.69) is 25.3 Å². The van der Waals surface area contributed by atoms with E-state index in [9.17, 15) is 14.3 Å². The normalized spacial score (nSPS) is 29.9. The first-order valence-corrected chi connectivity index (χ1v) is 5.88. The fraction of sp³-hybridized carbons (Fsp3) is 0.500. The van der Waals surface area contributed by atoms with Crippen LogP contribution in [0.5, 0.6) is 0 Å². The Morgan fingerprint density at radius 3 is 3.05 bits per heavy atom. The molecule has 1 aliphatic rings. The molecule has 1 saturated heterocycles. The van der Waals surface area contributed by atoms with Gasteiger partial charge in [-0.3, -0.25) is 9.78 Å². The summed E-state index contributed by atoms with van der Waals surface area (Å²) in [6.45, 7) is -0.512. The third-order valence-electron chi connectivity index (χ3n) is 3.07. The number of hydrogen-bond acceptors (Lipinski definition) is 7. The number of imidazole rings is 1. The van der Waals surface area contributed by atoms with Crippen LogP contribution >= 0.6 is 0 Å². The molecule has 0 aromatic carbocycles. The Balaban J connectivity index is 1.84. The van der Waals surface area contributed by atoms with Gasteiger partial charge in [0.05, 0.1) is 12.9 Å². The van der Waals surface area contributed by atoms with Crippen molar-refractivity contribution in [3.05, 3.63) is 16.7 Å². The summed E-state index contributed by atoms with van der Waals surface area (Å²) in [6.07, 6.45) is -4.14. The van der Waals surface area contributed by atoms with Crippen molar-refractivity contribution in [3.8, 4) is 0 Å². The lowest BCUT2D eigenvalue weighted by Gasteiger charge is -2.14. The van der Waals surface area contributed by atoms with Gasteiger partial charge in [0.25, 0.3) is 5.56 Å². The van der Waals surface area contributed by atoms with Gasteiger partial charge in [-0.1, -0.05) is 0 Å². The Hall–Kier alpha value is -2.04. The average Bonchev–Trinajstić information content (AvgIpc) is 2.99. The topological polar surface area (TPSA) is 136 Å². The van der Waals surface area contributed by atoms with Crippen molar-refractivity contribution in [1.82, 2.24) is 19.9 Å². The van der Waals surface area contributed by atoms with Crippen LogP contribution in [0.15, 0.2) is 11.1 Å². The van der Waals surface area contributed by atoms with Gasteiger partial charge in [-0.25, -0.2) is 9.37 Å². The summed E-state index contributed by atoms with van der Waals surface area (Å²) in [5.74, 6) is -0.0342. The molecule has 1 fully saturated rings. The van der Waals surface area contributed by atoms with Gasteiger partial charge in [0.2, 0.25) is 5.95 Å². The molecule has 3 heterocycles. The number of nitrogens with zero attached hydrogens (tertiary/aromatic N) is 2. The second kappa shape index (κ2) is 4.81. The summed E-state index contributed by atoms with van der Waals surface area (Å²) in [6, 6.07) is 0. The third kappa shape index (κ3) is 2.03. The van der Waals surface area contributed by atoms with Gasteiger partial charge in [-0.2, -0.15) is 4.98 Å². The Kier molecular flexibility index (Phi) is 3.12. The van der Waals surface area contributed by atoms with Gasteiger partial charge in [0.15, 0.2) is 23.6 Å². The van der Waals surface area contributed by atoms with Crippen molar-refractivity contribution < 1.29 is 19.3 Å². The van der Waals surface area contributed by atoms with Crippen LogP contribution in [0.3, 0.4) is 0 Å². The van der Waals surface area contributed by atoms with Crippen LogP contribution < -0.4 is 10.9 Å². The van der Waals surface area contributed by atoms with E-state index in [1.54, 1.807) is 0 Å². The molecule has 2 aromatic rings. The zero-order valence-electron chi connectivity index (χ0n) is 10.1. The first kappa shape index (κ1) is 13.0. The molecule has 0 spiro atoms. The number of nitrogens with one attached hydrogen (secondary N) is 3. The number of aromatic nitrogens is 4. The number of ether oxygens (including phenoxy) is 1. The third-order valence-corrected chi connectivity index (χ3v) is 3.07. The van der Waals surface area contributed by atoms with E-state index in [4.69, 9.17) is 9.84 Å². The molecule has 5 N–H and O–H groups in total. The van der Waals surface area contributed by atoms with Crippen LogP contribution in [0, 0.1) is 0 Å². The van der Waals surface area contributed by atoms with Gasteiger partial charge in [0, 0.05) is 0 Å². The van der Waals surface area contributed by atoms with Crippen LogP contribution in [0.1, 0.15) is 0 Å². The Labute approximate surface area is 110 Å². The molecule has 3 rings (SSSR count). The van der Waals surface area contributed by atoms with E-state index in [-0.39, 0.29) is 17.1 Å². The lowest BCUT2D eigenvalue weighted by Crippen LogP contribution is -2.34. The minimum Gasteiger partial charge on any atom is -0.394 e. The Morgan fingerprint density at radius 2 is 2.35 bits per heavy atom. The predicted octanol–water partition coefficient (Wildman–Crippen LogP) is -1.53. The summed E-state index contributed by atoms with van der Waals surface area (Å²) >= 11 is 0. The number of aromatic amines is 2. The molecule has 108 valence electrons. The molecule has 0 radical (unpaired) electrons. The van der Waals surface area contributed by atoms with Crippen LogP contribution in [0.2, 0.25) is 0 Å². The maximum atomic E-state index is 13.8. The number of alkyl halides is 1. The summed E-state index contributed by atoms with van der Waals surface area (Å²) in [5.41, 5.74) is -0.0977. The molecule has 9 nitrogen and oxygen atoms in total. The number of fused-ring (bicyclic) bond motifs is 1. The first-order valence-electron chi connectivity index (χ1n) is 5.88. The van der Waals surface area contributed by atoms with E-state index < -0.39 is 36.8 Å². The summed E-state index contributed by atoms with van der Waals surface area (Å²) < 4.78 is 18.9. The van der Waals surface area contributed by atoms with E-state index >= 15 is 0 Å². The zero-order chi connectivity index (χ0) is 14.3. The highest BCUT2D eigenvalue weighted by Gasteiger charge is 2.44. The van der Waals surface area contributed by atoms with Gasteiger partial charge in [-0.15, -0.1) is 0 Å². The molecule has 2 aromatic heterocycles. The van der Waals surface area contributed by atoms with Crippen LogP contribution in [0.25, 0.3) is 11.2 Å². The molecular weight excluding hydrogens is 273 g/mol. The van der Waals surface area contributed by atoms with E-state index in [1.165, 1.54) is 6.33 Å². The van der Waals surface area contributed by atoms with Gasteiger partial charge < -0.3 is 25.3 Å². The molecule has 0 aliphatic carbocycles. The molecule has 0 bridgehead atoms. The number of hydrogen-bond donors (Lipinski definition) is 5. The van der Waals surface area contributed by atoms with Crippen LogP contribution in [-0.4, -0.2) is 61.4 Å².